The number of aryl methyl sites for hydroxylation is 1. The van der Waals surface area contributed by atoms with Gasteiger partial charge in [0.15, 0.2) is 0 Å². The van der Waals surface area contributed by atoms with Crippen LogP contribution in [0.3, 0.4) is 0 Å². The molecule has 3 N–H and O–H groups in total. The van der Waals surface area contributed by atoms with Crippen LogP contribution in [0.2, 0.25) is 5.15 Å². The van der Waals surface area contributed by atoms with Crippen molar-refractivity contribution in [2.75, 3.05) is 5.32 Å². The predicted octanol–water partition coefficient (Wildman–Crippen LogP) is 5.24. The molecule has 3 aromatic rings. The summed E-state index contributed by atoms with van der Waals surface area (Å²) in [6.45, 7) is 1.74. The summed E-state index contributed by atoms with van der Waals surface area (Å²) in [7, 11) is 0. The van der Waals surface area contributed by atoms with Crippen LogP contribution < -0.4 is 5.32 Å². The zero-order chi connectivity index (χ0) is 20.8. The van der Waals surface area contributed by atoms with Gasteiger partial charge < -0.3 is 15.5 Å². The first-order chi connectivity index (χ1) is 14.0. The fourth-order valence-corrected chi connectivity index (χ4v) is 2.87. The molecule has 0 fully saturated rings. The van der Waals surface area contributed by atoms with Crippen molar-refractivity contribution in [1.82, 2.24) is 4.98 Å². The minimum Gasteiger partial charge on any atom is -0.506 e. The normalized spacial score (nSPS) is 12.3. The van der Waals surface area contributed by atoms with Gasteiger partial charge in [-0.15, -0.1) is 0 Å². The highest BCUT2D eigenvalue weighted by Crippen LogP contribution is 2.26. The second-order valence-corrected chi connectivity index (χ2v) is 6.46. The van der Waals surface area contributed by atoms with Gasteiger partial charge in [0.2, 0.25) is 0 Å². The number of amidine groups is 1. The summed E-state index contributed by atoms with van der Waals surface area (Å²) in [6.07, 6.45) is 0. The second kappa shape index (κ2) is 9.03. The number of aliphatic hydroxyl groups excluding tert-OH is 1. The maximum Gasteiger partial charge on any atom is 0.343 e. The Morgan fingerprint density at radius 2 is 1.59 bits per heavy atom. The summed E-state index contributed by atoms with van der Waals surface area (Å²) >= 11 is 6.14. The smallest absolute Gasteiger partial charge is 0.343 e. The van der Waals surface area contributed by atoms with Gasteiger partial charge in [0.05, 0.1) is 11.3 Å². The number of pyridine rings is 1. The van der Waals surface area contributed by atoms with Crippen LogP contribution in [0.1, 0.15) is 11.3 Å². The number of aliphatic imine (C=N–C) groups is 1. The second-order valence-electron chi connectivity index (χ2n) is 6.11. The Morgan fingerprint density at radius 1 is 0.966 bits per heavy atom. The van der Waals surface area contributed by atoms with E-state index in [1.54, 1.807) is 61.5 Å². The number of hydrogen-bond donors (Lipinski definition) is 3. The summed E-state index contributed by atoms with van der Waals surface area (Å²) < 4.78 is 0. The molecule has 0 saturated carbocycles. The van der Waals surface area contributed by atoms with E-state index in [2.05, 4.69) is 15.3 Å². The number of carboxylic acids is 1. The van der Waals surface area contributed by atoms with Crippen molar-refractivity contribution in [3.8, 4) is 0 Å². The molecule has 0 radical (unpaired) electrons. The Kier molecular flexibility index (Phi) is 6.26. The molecule has 29 heavy (non-hydrogen) atoms. The van der Waals surface area contributed by atoms with Gasteiger partial charge in [0, 0.05) is 11.4 Å². The van der Waals surface area contributed by atoms with Crippen LogP contribution in [-0.2, 0) is 4.79 Å². The van der Waals surface area contributed by atoms with Gasteiger partial charge in [-0.25, -0.2) is 14.8 Å². The molecule has 0 unspecified atom stereocenters. The van der Waals surface area contributed by atoms with E-state index in [4.69, 9.17) is 11.6 Å². The number of aliphatic hydroxyl groups is 1. The maximum atomic E-state index is 12.1. The first-order valence-corrected chi connectivity index (χ1v) is 9.09. The van der Waals surface area contributed by atoms with Crippen molar-refractivity contribution >= 4 is 40.5 Å². The standard InChI is InChI=1S/C22H18ClN3O3/c1-14-12-13-17(20(23)24-14)19(27)18(22(28)29)21(25-15-8-4-2-5-9-15)26-16-10-6-3-7-11-16/h2-13,27H,1H3,(H,25,26)(H,28,29). The van der Waals surface area contributed by atoms with Crippen LogP contribution in [0.25, 0.3) is 5.76 Å². The average molecular weight is 408 g/mol. The molecule has 6 nitrogen and oxygen atoms in total. The maximum absolute atomic E-state index is 12.1. The molecule has 0 saturated heterocycles. The largest absolute Gasteiger partial charge is 0.506 e. The van der Waals surface area contributed by atoms with Gasteiger partial charge in [0.1, 0.15) is 22.3 Å². The third-order valence-corrected chi connectivity index (χ3v) is 4.25. The number of para-hydroxylation sites is 2. The molecule has 1 heterocycles. The third-order valence-electron chi connectivity index (χ3n) is 3.96. The Balaban J connectivity index is 2.18. The zero-order valence-electron chi connectivity index (χ0n) is 15.5. The van der Waals surface area contributed by atoms with Crippen molar-refractivity contribution in [3.05, 3.63) is 94.8 Å². The SMILES string of the molecule is Cc1ccc(C(O)=C(C(=O)O)C(=Nc2ccccc2)Nc2ccccc2)c(Cl)n1. The molecule has 0 aliphatic heterocycles. The average Bonchev–Trinajstić information content (AvgIpc) is 2.69. The number of anilines is 1. The minimum absolute atomic E-state index is 0.0000206. The molecule has 0 bridgehead atoms. The van der Waals surface area contributed by atoms with Crippen LogP contribution in [0, 0.1) is 6.92 Å². The highest BCUT2D eigenvalue weighted by atomic mass is 35.5. The molecule has 0 amide bonds. The van der Waals surface area contributed by atoms with Gasteiger partial charge in [-0.3, -0.25) is 0 Å². The molecule has 1 aromatic heterocycles. The van der Waals surface area contributed by atoms with Crippen molar-refractivity contribution in [2.45, 2.75) is 6.92 Å². The zero-order valence-corrected chi connectivity index (χ0v) is 16.3. The molecule has 0 atom stereocenters. The van der Waals surface area contributed by atoms with Crippen LogP contribution in [-0.4, -0.2) is 27.0 Å². The molecular weight excluding hydrogens is 390 g/mol. The number of rotatable bonds is 5. The van der Waals surface area contributed by atoms with Gasteiger partial charge >= 0.3 is 5.97 Å². The monoisotopic (exact) mass is 407 g/mol. The number of halogens is 1. The minimum atomic E-state index is -1.36. The first kappa shape index (κ1) is 20.1. The Bertz CT molecular complexity index is 1080. The van der Waals surface area contributed by atoms with Crippen LogP contribution in [0.15, 0.2) is 83.4 Å². The van der Waals surface area contributed by atoms with E-state index >= 15 is 0 Å². The topological polar surface area (TPSA) is 94.8 Å². The summed E-state index contributed by atoms with van der Waals surface area (Å²) in [5.74, 6) is -1.94. The van der Waals surface area contributed by atoms with Gasteiger partial charge in [-0.1, -0.05) is 48.0 Å². The van der Waals surface area contributed by atoms with Gasteiger partial charge in [-0.2, -0.15) is 0 Å². The first-order valence-electron chi connectivity index (χ1n) is 8.72. The van der Waals surface area contributed by atoms with Crippen LogP contribution >= 0.6 is 11.6 Å². The van der Waals surface area contributed by atoms with Crippen molar-refractivity contribution in [1.29, 1.82) is 0 Å². The molecular formula is C22H18ClN3O3. The highest BCUT2D eigenvalue weighted by molar-refractivity contribution is 6.32. The number of aliphatic carboxylic acids is 1. The summed E-state index contributed by atoms with van der Waals surface area (Å²) in [6, 6.07) is 21.0. The van der Waals surface area contributed by atoms with Crippen molar-refractivity contribution in [3.63, 3.8) is 0 Å². The Labute approximate surface area is 172 Å². The number of carbonyl (C=O) groups is 1. The molecule has 146 valence electrons. The number of aromatic nitrogens is 1. The lowest BCUT2D eigenvalue weighted by Gasteiger charge is -2.14. The molecule has 7 heteroatoms. The number of hydrogen-bond acceptors (Lipinski definition) is 4. The van der Waals surface area contributed by atoms with E-state index in [-0.39, 0.29) is 16.6 Å². The lowest BCUT2D eigenvalue weighted by atomic mass is 10.1. The van der Waals surface area contributed by atoms with E-state index in [0.717, 1.165) is 0 Å². The molecule has 3 rings (SSSR count). The number of nitrogens with zero attached hydrogens (tertiary/aromatic N) is 2. The van der Waals surface area contributed by atoms with E-state index in [1.165, 1.54) is 6.07 Å². The lowest BCUT2D eigenvalue weighted by molar-refractivity contribution is -0.132. The van der Waals surface area contributed by atoms with Crippen molar-refractivity contribution in [2.24, 2.45) is 4.99 Å². The Hall–Kier alpha value is -3.64. The molecule has 0 aliphatic carbocycles. The number of carboxylic acid groups (broad SMARTS) is 1. The third kappa shape index (κ3) is 5.00. The van der Waals surface area contributed by atoms with Crippen LogP contribution in [0.4, 0.5) is 11.4 Å². The van der Waals surface area contributed by atoms with Gasteiger partial charge in [-0.05, 0) is 43.3 Å². The molecule has 2 aromatic carbocycles. The Morgan fingerprint density at radius 3 is 2.17 bits per heavy atom. The van der Waals surface area contributed by atoms with E-state index in [9.17, 15) is 15.0 Å². The quantitative estimate of drug-likeness (QED) is 0.177. The summed E-state index contributed by atoms with van der Waals surface area (Å²) in [4.78, 5) is 20.6. The fourth-order valence-electron chi connectivity index (χ4n) is 2.59. The van der Waals surface area contributed by atoms with Gasteiger partial charge in [0.25, 0.3) is 0 Å². The highest BCUT2D eigenvalue weighted by Gasteiger charge is 2.24. The fraction of sp³-hybridized carbons (Fsp3) is 0.0455. The summed E-state index contributed by atoms with van der Waals surface area (Å²) in [5.41, 5.74) is 1.45. The van der Waals surface area contributed by atoms with Crippen molar-refractivity contribution < 1.29 is 15.0 Å². The van der Waals surface area contributed by atoms with E-state index < -0.39 is 17.3 Å². The van der Waals surface area contributed by atoms with Crippen LogP contribution in [0.5, 0.6) is 0 Å². The predicted molar refractivity (Wildman–Crippen MR) is 115 cm³/mol. The summed E-state index contributed by atoms with van der Waals surface area (Å²) in [5, 5.41) is 23.7. The van der Waals surface area contributed by atoms with E-state index in [0.29, 0.717) is 17.1 Å². The molecule has 0 aliphatic rings. The number of benzene rings is 2. The van der Waals surface area contributed by atoms with E-state index in [1.807, 2.05) is 12.1 Å². The molecule has 0 spiro atoms. The number of nitrogens with one attached hydrogen (secondary N) is 1. The lowest BCUT2D eigenvalue weighted by Crippen LogP contribution is -2.22.